The molecular formula is C11H19NO2S. The summed E-state index contributed by atoms with van der Waals surface area (Å²) in [6.45, 7) is 1.84. The molecule has 2 rings (SSSR count). The van der Waals surface area contributed by atoms with Crippen molar-refractivity contribution in [1.82, 2.24) is 4.90 Å². The second-order valence-corrected chi connectivity index (χ2v) is 5.76. The van der Waals surface area contributed by atoms with Gasteiger partial charge in [-0.05, 0) is 44.1 Å². The summed E-state index contributed by atoms with van der Waals surface area (Å²) < 4.78 is 0. The lowest BCUT2D eigenvalue weighted by Gasteiger charge is -2.36. The summed E-state index contributed by atoms with van der Waals surface area (Å²) in [7, 11) is 0. The second kappa shape index (κ2) is 4.74. The van der Waals surface area contributed by atoms with Gasteiger partial charge in [0.05, 0.1) is 0 Å². The van der Waals surface area contributed by atoms with Gasteiger partial charge in [-0.3, -0.25) is 9.69 Å². The fourth-order valence-corrected chi connectivity index (χ4v) is 3.50. The first-order valence-electron chi connectivity index (χ1n) is 5.78. The van der Waals surface area contributed by atoms with Crippen molar-refractivity contribution in [3.8, 4) is 0 Å². The third kappa shape index (κ3) is 2.67. The largest absolute Gasteiger partial charge is 0.480 e. The van der Waals surface area contributed by atoms with Crippen LogP contribution in [-0.4, -0.2) is 45.6 Å². The van der Waals surface area contributed by atoms with Crippen LogP contribution in [0.4, 0.5) is 0 Å². The maximum absolute atomic E-state index is 11.1. The number of thioether (sulfide) groups is 1. The van der Waals surface area contributed by atoms with Gasteiger partial charge in [-0.2, -0.15) is 11.8 Å². The molecule has 0 aromatic carbocycles. The minimum absolute atomic E-state index is 0.300. The zero-order valence-electron chi connectivity index (χ0n) is 9.19. The molecule has 0 aromatic heterocycles. The van der Waals surface area contributed by atoms with Gasteiger partial charge in [-0.25, -0.2) is 0 Å². The quantitative estimate of drug-likeness (QED) is 0.798. The zero-order valence-corrected chi connectivity index (χ0v) is 10.0. The third-order valence-electron chi connectivity index (χ3n) is 3.39. The Morgan fingerprint density at radius 2 is 1.80 bits per heavy atom. The van der Waals surface area contributed by atoms with Gasteiger partial charge in [0.2, 0.25) is 0 Å². The maximum Gasteiger partial charge on any atom is 0.320 e. The smallest absolute Gasteiger partial charge is 0.320 e. The molecule has 0 aromatic rings. The molecule has 1 heterocycles. The van der Waals surface area contributed by atoms with E-state index in [4.69, 9.17) is 5.11 Å². The van der Waals surface area contributed by atoms with E-state index in [2.05, 4.69) is 4.90 Å². The Morgan fingerprint density at radius 1 is 1.27 bits per heavy atom. The van der Waals surface area contributed by atoms with E-state index in [1.165, 1.54) is 37.2 Å². The summed E-state index contributed by atoms with van der Waals surface area (Å²) in [4.78, 5) is 13.3. The molecular weight excluding hydrogens is 210 g/mol. The summed E-state index contributed by atoms with van der Waals surface area (Å²) in [6.07, 6.45) is 4.72. The Morgan fingerprint density at radius 3 is 2.27 bits per heavy atom. The Balaban J connectivity index is 2.00. The van der Waals surface area contributed by atoms with Gasteiger partial charge in [0.15, 0.2) is 0 Å². The van der Waals surface area contributed by atoms with Crippen molar-refractivity contribution in [3.63, 3.8) is 0 Å². The van der Waals surface area contributed by atoms with Crippen molar-refractivity contribution in [3.05, 3.63) is 0 Å². The lowest BCUT2D eigenvalue weighted by atomic mass is 10.1. The Bertz CT molecular complexity index is 237. The van der Waals surface area contributed by atoms with Crippen molar-refractivity contribution in [2.24, 2.45) is 0 Å². The van der Waals surface area contributed by atoms with Crippen LogP contribution >= 0.6 is 11.8 Å². The van der Waals surface area contributed by atoms with E-state index in [1.807, 2.05) is 18.7 Å². The highest BCUT2D eigenvalue weighted by Crippen LogP contribution is 2.34. The van der Waals surface area contributed by atoms with Crippen LogP contribution in [0.25, 0.3) is 0 Å². The van der Waals surface area contributed by atoms with Crippen molar-refractivity contribution in [2.75, 3.05) is 11.5 Å². The molecule has 0 bridgehead atoms. The molecule has 0 spiro atoms. The molecule has 1 atom stereocenters. The normalized spacial score (nSPS) is 25.5. The summed E-state index contributed by atoms with van der Waals surface area (Å²) in [6, 6.07) is 0.777. The Hall–Kier alpha value is -0.220. The maximum atomic E-state index is 11.1. The average molecular weight is 229 g/mol. The topological polar surface area (TPSA) is 40.5 Å². The summed E-state index contributed by atoms with van der Waals surface area (Å²) in [5, 5.41) is 9.11. The van der Waals surface area contributed by atoms with Crippen molar-refractivity contribution >= 4 is 17.7 Å². The summed E-state index contributed by atoms with van der Waals surface area (Å²) in [5.41, 5.74) is 0. The lowest BCUT2D eigenvalue weighted by molar-refractivity contribution is -0.144. The molecule has 0 amide bonds. The highest BCUT2D eigenvalue weighted by molar-refractivity contribution is 7.99. The average Bonchev–Trinajstić information content (AvgIpc) is 3.04. The number of nitrogens with zero attached hydrogens (tertiary/aromatic N) is 1. The van der Waals surface area contributed by atoms with E-state index >= 15 is 0 Å². The second-order valence-electron chi connectivity index (χ2n) is 4.54. The number of carbonyl (C=O) groups is 1. The fourth-order valence-electron chi connectivity index (χ4n) is 2.41. The van der Waals surface area contributed by atoms with Gasteiger partial charge in [0, 0.05) is 12.1 Å². The molecule has 1 aliphatic heterocycles. The first-order valence-corrected chi connectivity index (χ1v) is 6.93. The highest BCUT2D eigenvalue weighted by atomic mass is 32.2. The standard InChI is InChI=1S/C11H19NO2S/c1-8(11(13)14)12(9-2-3-9)10-4-6-15-7-5-10/h8-10H,2-7H2,1H3,(H,13,14)/t8-/m1/s1. The molecule has 1 aliphatic carbocycles. The molecule has 2 fully saturated rings. The van der Waals surface area contributed by atoms with Crippen LogP contribution in [0.2, 0.25) is 0 Å². The molecule has 1 saturated carbocycles. The number of rotatable bonds is 4. The van der Waals surface area contributed by atoms with Gasteiger partial charge in [-0.1, -0.05) is 0 Å². The fraction of sp³-hybridized carbons (Fsp3) is 0.909. The van der Waals surface area contributed by atoms with Crippen LogP contribution in [0.1, 0.15) is 32.6 Å². The first kappa shape index (κ1) is 11.3. The molecule has 15 heavy (non-hydrogen) atoms. The van der Waals surface area contributed by atoms with Crippen LogP contribution in [0.15, 0.2) is 0 Å². The number of hydrogen-bond acceptors (Lipinski definition) is 3. The number of carboxylic acid groups (broad SMARTS) is 1. The van der Waals surface area contributed by atoms with Gasteiger partial charge in [0.25, 0.3) is 0 Å². The molecule has 86 valence electrons. The minimum atomic E-state index is -0.667. The number of hydrogen-bond donors (Lipinski definition) is 1. The Labute approximate surface area is 95.2 Å². The summed E-state index contributed by atoms with van der Waals surface area (Å²) in [5.74, 6) is 1.72. The number of aliphatic carboxylic acids is 1. The van der Waals surface area contributed by atoms with E-state index in [9.17, 15) is 4.79 Å². The van der Waals surface area contributed by atoms with E-state index < -0.39 is 5.97 Å². The highest BCUT2D eigenvalue weighted by Gasteiger charge is 2.39. The first-order chi connectivity index (χ1) is 7.20. The lowest BCUT2D eigenvalue weighted by Crippen LogP contribution is -2.48. The Kier molecular flexibility index (Phi) is 3.57. The van der Waals surface area contributed by atoms with Gasteiger partial charge >= 0.3 is 5.97 Å². The third-order valence-corrected chi connectivity index (χ3v) is 4.43. The van der Waals surface area contributed by atoms with Crippen molar-refractivity contribution in [1.29, 1.82) is 0 Å². The van der Waals surface area contributed by atoms with Gasteiger partial charge in [-0.15, -0.1) is 0 Å². The van der Waals surface area contributed by atoms with E-state index in [0.29, 0.717) is 12.1 Å². The molecule has 1 N–H and O–H groups in total. The predicted octanol–water partition coefficient (Wildman–Crippen LogP) is 1.82. The van der Waals surface area contributed by atoms with Crippen LogP contribution in [-0.2, 0) is 4.79 Å². The van der Waals surface area contributed by atoms with Crippen LogP contribution in [0.5, 0.6) is 0 Å². The molecule has 0 unspecified atom stereocenters. The molecule has 1 saturated heterocycles. The molecule has 3 nitrogen and oxygen atoms in total. The number of carboxylic acids is 1. The van der Waals surface area contributed by atoms with Crippen molar-refractivity contribution in [2.45, 2.75) is 50.7 Å². The van der Waals surface area contributed by atoms with Gasteiger partial charge < -0.3 is 5.11 Å². The van der Waals surface area contributed by atoms with E-state index in [0.717, 1.165) is 0 Å². The molecule has 2 aliphatic rings. The molecule has 4 heteroatoms. The predicted molar refractivity (Wildman–Crippen MR) is 62.3 cm³/mol. The van der Waals surface area contributed by atoms with Crippen LogP contribution in [0.3, 0.4) is 0 Å². The van der Waals surface area contributed by atoms with E-state index in [-0.39, 0.29) is 6.04 Å². The minimum Gasteiger partial charge on any atom is -0.480 e. The van der Waals surface area contributed by atoms with Crippen LogP contribution in [0, 0.1) is 0 Å². The van der Waals surface area contributed by atoms with Crippen LogP contribution < -0.4 is 0 Å². The van der Waals surface area contributed by atoms with E-state index in [1.54, 1.807) is 0 Å². The molecule has 0 radical (unpaired) electrons. The van der Waals surface area contributed by atoms with Crippen molar-refractivity contribution < 1.29 is 9.90 Å². The zero-order chi connectivity index (χ0) is 10.8. The monoisotopic (exact) mass is 229 g/mol. The van der Waals surface area contributed by atoms with Gasteiger partial charge in [0.1, 0.15) is 6.04 Å². The summed E-state index contributed by atoms with van der Waals surface area (Å²) >= 11 is 1.99. The SMILES string of the molecule is C[C@H](C(=O)O)N(C1CCSCC1)C1CC1.